The second-order valence-electron chi connectivity index (χ2n) is 7.33. The molecule has 0 aliphatic carbocycles. The van der Waals surface area contributed by atoms with Gasteiger partial charge in [0.15, 0.2) is 5.17 Å². The Balaban J connectivity index is 1.49. The van der Waals surface area contributed by atoms with Crippen molar-refractivity contribution in [3.63, 3.8) is 0 Å². The molecule has 2 amide bonds. The van der Waals surface area contributed by atoms with Crippen molar-refractivity contribution in [3.8, 4) is 0 Å². The van der Waals surface area contributed by atoms with Crippen molar-refractivity contribution in [2.45, 2.75) is 38.5 Å². The number of amides is 2. The highest BCUT2D eigenvalue weighted by Crippen LogP contribution is 2.22. The third kappa shape index (κ3) is 5.45. The molecule has 0 fully saturated rings. The minimum atomic E-state index is -0.0651. The maximum Gasteiger partial charge on any atom is 0.251 e. The number of carbonyl (C=O) groups excluding carboxylic acids is 2. The summed E-state index contributed by atoms with van der Waals surface area (Å²) < 4.78 is 0. The van der Waals surface area contributed by atoms with Crippen molar-refractivity contribution in [1.29, 1.82) is 0 Å². The van der Waals surface area contributed by atoms with Gasteiger partial charge >= 0.3 is 0 Å². The highest BCUT2D eigenvalue weighted by molar-refractivity contribution is 8.14. The third-order valence-corrected chi connectivity index (χ3v) is 6.05. The Morgan fingerprint density at radius 1 is 1.46 bits per heavy atom. The van der Waals surface area contributed by atoms with E-state index in [-0.39, 0.29) is 11.8 Å². The van der Waals surface area contributed by atoms with E-state index in [4.69, 9.17) is 0 Å². The summed E-state index contributed by atoms with van der Waals surface area (Å²) in [6.07, 6.45) is 4.27. The maximum absolute atomic E-state index is 11.7. The standard InChI is InChI=1S/C21H28N4O2S/c1-4-15(9-16-5-6-19-17(10-16)11-22-20(19)27)7-8-25(3)13-18-12-23-21(28-18)24-14(2)26/h5-6,9-10,18H,4,7-8,11-13H2,1-3H3,(H,22,27)(H,23,24,26)/b15-9+. The number of fused-ring (bicyclic) bond motifs is 1. The Labute approximate surface area is 170 Å². The smallest absolute Gasteiger partial charge is 0.251 e. The second kappa shape index (κ2) is 9.39. The van der Waals surface area contributed by atoms with Crippen LogP contribution in [0.25, 0.3) is 6.08 Å². The molecule has 1 atom stereocenters. The molecular weight excluding hydrogens is 372 g/mol. The van der Waals surface area contributed by atoms with E-state index in [2.05, 4.69) is 46.6 Å². The average Bonchev–Trinajstić information content (AvgIpc) is 3.24. The monoisotopic (exact) mass is 400 g/mol. The van der Waals surface area contributed by atoms with Crippen molar-refractivity contribution in [2.24, 2.45) is 4.99 Å². The molecule has 6 nitrogen and oxygen atoms in total. The maximum atomic E-state index is 11.7. The van der Waals surface area contributed by atoms with Crippen LogP contribution in [0.4, 0.5) is 0 Å². The van der Waals surface area contributed by atoms with Gasteiger partial charge in [0.25, 0.3) is 5.91 Å². The molecule has 1 aromatic rings. The zero-order chi connectivity index (χ0) is 20.1. The van der Waals surface area contributed by atoms with Gasteiger partial charge in [0.05, 0.1) is 6.54 Å². The average molecular weight is 401 g/mol. The fraction of sp³-hybridized carbons (Fsp3) is 0.476. The normalized spacial score (nSPS) is 18.9. The number of nitrogens with one attached hydrogen (secondary N) is 2. The van der Waals surface area contributed by atoms with Gasteiger partial charge in [-0.05, 0) is 43.1 Å². The van der Waals surface area contributed by atoms with E-state index < -0.39 is 0 Å². The van der Waals surface area contributed by atoms with Gasteiger partial charge in [0.1, 0.15) is 0 Å². The molecule has 0 bridgehead atoms. The largest absolute Gasteiger partial charge is 0.348 e. The van der Waals surface area contributed by atoms with Crippen LogP contribution in [0.1, 0.15) is 48.2 Å². The van der Waals surface area contributed by atoms with Crippen molar-refractivity contribution < 1.29 is 9.59 Å². The molecule has 0 saturated heterocycles. The summed E-state index contributed by atoms with van der Waals surface area (Å²) in [6, 6.07) is 6.06. The van der Waals surface area contributed by atoms with Crippen LogP contribution in [0.15, 0.2) is 28.8 Å². The molecule has 0 spiro atoms. The number of amidine groups is 1. The van der Waals surface area contributed by atoms with Gasteiger partial charge in [-0.2, -0.15) is 0 Å². The van der Waals surface area contributed by atoms with E-state index in [1.54, 1.807) is 11.8 Å². The first kappa shape index (κ1) is 20.6. The number of rotatable bonds is 7. The lowest BCUT2D eigenvalue weighted by Crippen LogP contribution is -2.30. The summed E-state index contributed by atoms with van der Waals surface area (Å²) in [4.78, 5) is 29.5. The first-order valence-corrected chi connectivity index (χ1v) is 10.6. The van der Waals surface area contributed by atoms with E-state index in [0.29, 0.717) is 11.8 Å². The van der Waals surface area contributed by atoms with E-state index in [1.165, 1.54) is 12.5 Å². The summed E-state index contributed by atoms with van der Waals surface area (Å²) in [5, 5.41) is 6.77. The summed E-state index contributed by atoms with van der Waals surface area (Å²) in [5.41, 5.74) is 4.44. The van der Waals surface area contributed by atoms with Crippen LogP contribution < -0.4 is 10.6 Å². The minimum absolute atomic E-state index is 0.0262. The molecule has 0 aromatic heterocycles. The van der Waals surface area contributed by atoms with Crippen LogP contribution in [-0.2, 0) is 11.3 Å². The zero-order valence-corrected chi connectivity index (χ0v) is 17.6. The number of nitrogens with zero attached hydrogens (tertiary/aromatic N) is 2. The van der Waals surface area contributed by atoms with Gasteiger partial charge in [0, 0.05) is 37.4 Å². The van der Waals surface area contributed by atoms with Gasteiger partial charge in [-0.15, -0.1) is 0 Å². The van der Waals surface area contributed by atoms with Crippen molar-refractivity contribution >= 4 is 34.8 Å². The molecule has 2 aliphatic rings. The molecule has 1 aromatic carbocycles. The molecule has 2 N–H and O–H groups in total. The predicted molar refractivity (Wildman–Crippen MR) is 115 cm³/mol. The number of benzene rings is 1. The lowest BCUT2D eigenvalue weighted by molar-refractivity contribution is -0.117. The molecule has 2 aliphatic heterocycles. The van der Waals surface area contributed by atoms with Gasteiger partial charge in [-0.1, -0.05) is 36.4 Å². The van der Waals surface area contributed by atoms with Crippen LogP contribution in [0.5, 0.6) is 0 Å². The van der Waals surface area contributed by atoms with E-state index in [1.807, 2.05) is 12.1 Å². The topological polar surface area (TPSA) is 73.8 Å². The molecule has 0 saturated carbocycles. The fourth-order valence-corrected chi connectivity index (χ4v) is 4.58. The van der Waals surface area contributed by atoms with Crippen LogP contribution in [0, 0.1) is 0 Å². The van der Waals surface area contributed by atoms with Crippen LogP contribution in [-0.4, -0.2) is 53.8 Å². The predicted octanol–water partition coefficient (Wildman–Crippen LogP) is 2.65. The molecular formula is C21H28N4O2S. The van der Waals surface area contributed by atoms with E-state index in [9.17, 15) is 9.59 Å². The van der Waals surface area contributed by atoms with E-state index in [0.717, 1.165) is 54.3 Å². The lowest BCUT2D eigenvalue weighted by atomic mass is 10.0. The van der Waals surface area contributed by atoms with Crippen LogP contribution in [0.2, 0.25) is 0 Å². The first-order chi connectivity index (χ1) is 13.4. The molecule has 28 heavy (non-hydrogen) atoms. The number of thioether (sulfide) groups is 1. The van der Waals surface area contributed by atoms with Gasteiger partial charge in [0.2, 0.25) is 5.91 Å². The minimum Gasteiger partial charge on any atom is -0.348 e. The van der Waals surface area contributed by atoms with Gasteiger partial charge in [-0.3, -0.25) is 14.6 Å². The summed E-state index contributed by atoms with van der Waals surface area (Å²) in [5.74, 6) is -0.0389. The lowest BCUT2D eigenvalue weighted by Gasteiger charge is -2.20. The third-order valence-electron chi connectivity index (χ3n) is 4.97. The Bertz CT molecular complexity index is 819. The second-order valence-corrected chi connectivity index (χ2v) is 8.62. The Morgan fingerprint density at radius 3 is 3.04 bits per heavy atom. The zero-order valence-electron chi connectivity index (χ0n) is 16.7. The van der Waals surface area contributed by atoms with Gasteiger partial charge < -0.3 is 15.5 Å². The van der Waals surface area contributed by atoms with Crippen molar-refractivity contribution in [2.75, 3.05) is 26.7 Å². The summed E-state index contributed by atoms with van der Waals surface area (Å²) in [7, 11) is 2.14. The highest BCUT2D eigenvalue weighted by Gasteiger charge is 2.22. The molecule has 0 radical (unpaired) electrons. The summed E-state index contributed by atoms with van der Waals surface area (Å²) in [6.45, 7) is 7.00. The Kier molecular flexibility index (Phi) is 6.91. The molecule has 150 valence electrons. The molecule has 3 rings (SSSR count). The Morgan fingerprint density at radius 2 is 2.29 bits per heavy atom. The SMILES string of the molecule is CC/C(=C\c1ccc2c(c1)CNC2=O)CCN(C)CC1CN=C(NC(C)=O)S1. The summed E-state index contributed by atoms with van der Waals surface area (Å²) >= 11 is 1.65. The fourth-order valence-electron chi connectivity index (χ4n) is 3.43. The molecule has 1 unspecified atom stereocenters. The Hall–Kier alpha value is -2.12. The van der Waals surface area contributed by atoms with Crippen LogP contribution in [0.3, 0.4) is 0 Å². The number of aliphatic imine (C=N–C) groups is 1. The number of hydrogen-bond donors (Lipinski definition) is 2. The van der Waals surface area contributed by atoms with E-state index >= 15 is 0 Å². The molecule has 7 heteroatoms. The van der Waals surface area contributed by atoms with Crippen LogP contribution >= 0.6 is 11.8 Å². The highest BCUT2D eigenvalue weighted by atomic mass is 32.2. The number of carbonyl (C=O) groups is 2. The first-order valence-electron chi connectivity index (χ1n) is 9.72. The van der Waals surface area contributed by atoms with Gasteiger partial charge in [-0.25, -0.2) is 0 Å². The van der Waals surface area contributed by atoms with Crippen molar-refractivity contribution in [3.05, 3.63) is 40.5 Å². The van der Waals surface area contributed by atoms with Crippen molar-refractivity contribution in [1.82, 2.24) is 15.5 Å². The molecule has 2 heterocycles. The quantitative estimate of drug-likeness (QED) is 0.738. The number of hydrogen-bond acceptors (Lipinski definition) is 5.